The lowest BCUT2D eigenvalue weighted by atomic mass is 10.1. The smallest absolute Gasteiger partial charge is 0.258 e. The van der Waals surface area contributed by atoms with Gasteiger partial charge in [-0.2, -0.15) is 11.8 Å². The van der Waals surface area contributed by atoms with Crippen LogP contribution in [-0.2, 0) is 0 Å². The molecule has 3 rings (SSSR count). The van der Waals surface area contributed by atoms with Crippen molar-refractivity contribution in [2.24, 2.45) is 0 Å². The predicted octanol–water partition coefficient (Wildman–Crippen LogP) is 2.92. The Labute approximate surface area is 129 Å². The van der Waals surface area contributed by atoms with E-state index in [2.05, 4.69) is 4.98 Å². The second-order valence-electron chi connectivity index (χ2n) is 4.62. The molecule has 1 saturated heterocycles. The number of thiazole rings is 1. The molecule has 1 aliphatic rings. The molecular formula is C14H13FN2O2S2. The largest absolute Gasteiger partial charge is 0.507 e. The highest BCUT2D eigenvalue weighted by atomic mass is 32.2. The van der Waals surface area contributed by atoms with Gasteiger partial charge < -0.3 is 10.0 Å². The highest BCUT2D eigenvalue weighted by Crippen LogP contribution is 2.33. The SMILES string of the molecule is O=C(c1cc(F)ccc1O)N1CCSC[C@H]1c1nccs1. The van der Waals surface area contributed by atoms with E-state index < -0.39 is 5.82 Å². The number of amides is 1. The number of halogens is 1. The van der Waals surface area contributed by atoms with Gasteiger partial charge in [0, 0.05) is 29.6 Å². The quantitative estimate of drug-likeness (QED) is 0.923. The van der Waals surface area contributed by atoms with Gasteiger partial charge in [0.05, 0.1) is 11.6 Å². The Morgan fingerprint density at radius 3 is 3.10 bits per heavy atom. The van der Waals surface area contributed by atoms with E-state index >= 15 is 0 Å². The van der Waals surface area contributed by atoms with Crippen LogP contribution < -0.4 is 0 Å². The molecular weight excluding hydrogens is 311 g/mol. The zero-order chi connectivity index (χ0) is 14.8. The highest BCUT2D eigenvalue weighted by molar-refractivity contribution is 7.99. The second-order valence-corrected chi connectivity index (χ2v) is 6.70. The van der Waals surface area contributed by atoms with Crippen molar-refractivity contribution >= 4 is 29.0 Å². The van der Waals surface area contributed by atoms with Gasteiger partial charge in [-0.1, -0.05) is 0 Å². The Morgan fingerprint density at radius 2 is 2.33 bits per heavy atom. The van der Waals surface area contributed by atoms with Gasteiger partial charge in [-0.3, -0.25) is 4.79 Å². The summed E-state index contributed by atoms with van der Waals surface area (Å²) in [5, 5.41) is 12.6. The molecule has 1 N–H and O–H groups in total. The van der Waals surface area contributed by atoms with Crippen LogP contribution in [0.4, 0.5) is 4.39 Å². The predicted molar refractivity (Wildman–Crippen MR) is 81.3 cm³/mol. The summed E-state index contributed by atoms with van der Waals surface area (Å²) in [6, 6.07) is 3.30. The average molecular weight is 324 g/mol. The van der Waals surface area contributed by atoms with Crippen LogP contribution in [-0.4, -0.2) is 38.9 Å². The van der Waals surface area contributed by atoms with Crippen molar-refractivity contribution < 1.29 is 14.3 Å². The van der Waals surface area contributed by atoms with Gasteiger partial charge in [-0.05, 0) is 18.2 Å². The number of hydrogen-bond donors (Lipinski definition) is 1. The number of nitrogens with zero attached hydrogens (tertiary/aromatic N) is 2. The van der Waals surface area contributed by atoms with E-state index in [-0.39, 0.29) is 23.3 Å². The van der Waals surface area contributed by atoms with E-state index in [1.807, 2.05) is 5.38 Å². The fraction of sp³-hybridized carbons (Fsp3) is 0.286. The summed E-state index contributed by atoms with van der Waals surface area (Å²) < 4.78 is 13.3. The lowest BCUT2D eigenvalue weighted by Gasteiger charge is -2.34. The molecule has 0 aliphatic carbocycles. The number of phenolic OH excluding ortho intramolecular Hbond substituents is 1. The number of aromatic hydroxyl groups is 1. The molecule has 0 saturated carbocycles. The number of rotatable bonds is 2. The molecule has 0 unspecified atom stereocenters. The lowest BCUT2D eigenvalue weighted by molar-refractivity contribution is 0.0697. The van der Waals surface area contributed by atoms with Gasteiger partial charge in [0.15, 0.2) is 0 Å². The van der Waals surface area contributed by atoms with Crippen molar-refractivity contribution in [1.82, 2.24) is 9.88 Å². The summed E-state index contributed by atoms with van der Waals surface area (Å²) in [6.07, 6.45) is 1.71. The van der Waals surface area contributed by atoms with Crippen LogP contribution in [0.2, 0.25) is 0 Å². The molecule has 1 aliphatic heterocycles. The Hall–Kier alpha value is -1.60. The van der Waals surface area contributed by atoms with E-state index in [4.69, 9.17) is 0 Å². The Kier molecular flexibility index (Phi) is 4.12. The zero-order valence-electron chi connectivity index (χ0n) is 11.0. The van der Waals surface area contributed by atoms with Crippen molar-refractivity contribution in [1.29, 1.82) is 0 Å². The molecule has 1 amide bonds. The fourth-order valence-corrected chi connectivity index (χ4v) is 4.19. The fourth-order valence-electron chi connectivity index (χ4n) is 2.28. The first-order valence-electron chi connectivity index (χ1n) is 6.43. The van der Waals surface area contributed by atoms with Crippen molar-refractivity contribution in [3.63, 3.8) is 0 Å². The van der Waals surface area contributed by atoms with Gasteiger partial charge in [-0.25, -0.2) is 9.37 Å². The van der Waals surface area contributed by atoms with E-state index in [0.717, 1.165) is 28.6 Å². The molecule has 0 spiro atoms. The van der Waals surface area contributed by atoms with Crippen molar-refractivity contribution in [2.45, 2.75) is 6.04 Å². The summed E-state index contributed by atoms with van der Waals surface area (Å²) in [4.78, 5) is 18.6. The zero-order valence-corrected chi connectivity index (χ0v) is 12.7. The van der Waals surface area contributed by atoms with Gasteiger partial charge in [-0.15, -0.1) is 11.3 Å². The normalized spacial score (nSPS) is 18.7. The summed E-state index contributed by atoms with van der Waals surface area (Å²) >= 11 is 3.26. The van der Waals surface area contributed by atoms with Gasteiger partial charge in [0.2, 0.25) is 0 Å². The maximum absolute atomic E-state index is 13.3. The first kappa shape index (κ1) is 14.3. The van der Waals surface area contributed by atoms with Crippen LogP contribution >= 0.6 is 23.1 Å². The average Bonchev–Trinajstić information content (AvgIpc) is 3.03. The van der Waals surface area contributed by atoms with Gasteiger partial charge in [0.25, 0.3) is 5.91 Å². The number of phenols is 1. The van der Waals surface area contributed by atoms with Crippen molar-refractivity contribution in [3.05, 3.63) is 46.2 Å². The minimum atomic E-state index is -0.534. The van der Waals surface area contributed by atoms with Crippen LogP contribution in [0.25, 0.3) is 0 Å². The van der Waals surface area contributed by atoms with E-state index in [1.54, 1.807) is 22.9 Å². The number of carbonyl (C=O) groups is 1. The molecule has 0 radical (unpaired) electrons. The topological polar surface area (TPSA) is 53.4 Å². The number of carbonyl (C=O) groups excluding carboxylic acids is 1. The summed E-state index contributed by atoms with van der Waals surface area (Å²) in [7, 11) is 0. The molecule has 1 aromatic heterocycles. The molecule has 0 bridgehead atoms. The first-order chi connectivity index (χ1) is 10.2. The molecule has 1 atom stereocenters. The number of benzene rings is 1. The van der Waals surface area contributed by atoms with E-state index in [1.165, 1.54) is 17.4 Å². The third-order valence-electron chi connectivity index (χ3n) is 3.31. The monoisotopic (exact) mass is 324 g/mol. The molecule has 21 heavy (non-hydrogen) atoms. The number of hydrogen-bond acceptors (Lipinski definition) is 5. The Balaban J connectivity index is 1.93. The molecule has 1 aromatic carbocycles. The first-order valence-corrected chi connectivity index (χ1v) is 8.47. The minimum Gasteiger partial charge on any atom is -0.507 e. The summed E-state index contributed by atoms with van der Waals surface area (Å²) in [5.74, 6) is 0.498. The van der Waals surface area contributed by atoms with Crippen molar-refractivity contribution in [2.75, 3.05) is 18.1 Å². The molecule has 7 heteroatoms. The molecule has 4 nitrogen and oxygen atoms in total. The third kappa shape index (κ3) is 2.89. The van der Waals surface area contributed by atoms with E-state index in [0.29, 0.717) is 6.54 Å². The summed E-state index contributed by atoms with van der Waals surface area (Å²) in [5.41, 5.74) is 0.00320. The van der Waals surface area contributed by atoms with Crippen molar-refractivity contribution in [3.8, 4) is 5.75 Å². The lowest BCUT2D eigenvalue weighted by Crippen LogP contribution is -2.40. The number of aromatic nitrogens is 1. The van der Waals surface area contributed by atoms with Gasteiger partial charge >= 0.3 is 0 Å². The number of thioether (sulfide) groups is 1. The van der Waals surface area contributed by atoms with E-state index in [9.17, 15) is 14.3 Å². The van der Waals surface area contributed by atoms with Gasteiger partial charge in [0.1, 0.15) is 16.6 Å². The second kappa shape index (κ2) is 6.03. The van der Waals surface area contributed by atoms with Crippen LogP contribution in [0, 0.1) is 5.82 Å². The van der Waals surface area contributed by atoms with Crippen LogP contribution in [0.1, 0.15) is 21.4 Å². The molecule has 2 heterocycles. The van der Waals surface area contributed by atoms with Crippen LogP contribution in [0.5, 0.6) is 5.75 Å². The third-order valence-corrected chi connectivity index (χ3v) is 5.21. The van der Waals surface area contributed by atoms with Crippen LogP contribution in [0.15, 0.2) is 29.8 Å². The maximum Gasteiger partial charge on any atom is 0.258 e. The minimum absolute atomic E-state index is 0.00320. The Morgan fingerprint density at radius 1 is 1.48 bits per heavy atom. The Bertz CT molecular complexity index is 648. The highest BCUT2D eigenvalue weighted by Gasteiger charge is 2.31. The molecule has 110 valence electrons. The molecule has 2 aromatic rings. The molecule has 1 fully saturated rings. The summed E-state index contributed by atoms with van der Waals surface area (Å²) in [6.45, 7) is 0.559. The standard InChI is InChI=1S/C14H13FN2O2S2/c15-9-1-2-12(18)10(7-9)14(19)17-4-6-20-8-11(17)13-16-3-5-21-13/h1-3,5,7,11,18H,4,6,8H2/t11-/m0/s1. The maximum atomic E-state index is 13.3. The van der Waals surface area contributed by atoms with Crippen LogP contribution in [0.3, 0.4) is 0 Å².